The second-order valence-corrected chi connectivity index (χ2v) is 4.87. The molecule has 0 aliphatic heterocycles. The quantitative estimate of drug-likeness (QED) is 0.342. The van der Waals surface area contributed by atoms with Gasteiger partial charge in [-0.1, -0.05) is 36.4 Å². The van der Waals surface area contributed by atoms with Crippen molar-refractivity contribution in [2.45, 2.75) is 12.4 Å². The predicted molar refractivity (Wildman–Crippen MR) is 86.7 cm³/mol. The van der Waals surface area contributed by atoms with Crippen molar-refractivity contribution in [2.24, 2.45) is 0 Å². The molecule has 0 atom stereocenters. The molecule has 2 aromatic carbocycles. The Bertz CT molecular complexity index is 720. The maximum absolute atomic E-state index is 11.8. The Kier molecular flexibility index (Phi) is 9.99. The second kappa shape index (κ2) is 10.9. The van der Waals surface area contributed by atoms with Crippen LogP contribution in [0.5, 0.6) is 0 Å². The molecule has 0 unspecified atom stereocenters. The number of para-hydroxylation sites is 2. The predicted octanol–water partition coefficient (Wildman–Crippen LogP) is 4.16. The number of hydrogen-bond acceptors (Lipinski definition) is 4. The molecule has 0 heterocycles. The summed E-state index contributed by atoms with van der Waals surface area (Å²) in [6.07, 6.45) is -10.3. The number of alkyl halides is 6. The third kappa shape index (κ3) is 8.20. The number of carbonyl (C=O) groups is 2. The Balaban J connectivity index is 0.000000523. The van der Waals surface area contributed by atoms with E-state index in [-0.39, 0.29) is 31.8 Å². The molecule has 0 radical (unpaired) electrons. The normalized spacial score (nSPS) is 10.8. The molecule has 0 N–H and O–H groups in total. The van der Waals surface area contributed by atoms with E-state index < -0.39 is 34.3 Å². The summed E-state index contributed by atoms with van der Waals surface area (Å²) in [5, 5.41) is 20.3. The Morgan fingerprint density at radius 2 is 0.862 bits per heavy atom. The van der Waals surface area contributed by atoms with Crippen LogP contribution in [0, 0.1) is 10.4 Å². The molecule has 0 aliphatic carbocycles. The topological polar surface area (TPSA) is 86.7 Å². The number of amides is 2. The van der Waals surface area contributed by atoms with Gasteiger partial charge in [-0.2, -0.15) is 26.3 Å². The molecule has 6 nitrogen and oxygen atoms in total. The summed E-state index contributed by atoms with van der Waals surface area (Å²) in [5.41, 5.74) is -0.676. The molecule has 160 valence electrons. The summed E-state index contributed by atoms with van der Waals surface area (Å²) in [6.45, 7) is 0. The van der Waals surface area contributed by atoms with E-state index in [0.29, 0.717) is 0 Å². The number of hydrogen-bond donors (Lipinski definition) is 0. The van der Waals surface area contributed by atoms with Gasteiger partial charge in [0.15, 0.2) is 0 Å². The van der Waals surface area contributed by atoms with Gasteiger partial charge in [0.1, 0.15) is 0 Å². The molecular formula is C16H10F6N2O4Pd. The molecular weight excluding hydrogens is 505 g/mol. The first-order valence-electron chi connectivity index (χ1n) is 7.12. The minimum absolute atomic E-state index is 0. The Morgan fingerprint density at radius 1 is 0.621 bits per heavy atom. The van der Waals surface area contributed by atoms with Crippen LogP contribution in [0.15, 0.2) is 60.7 Å². The average Bonchev–Trinajstić information content (AvgIpc) is 2.66. The maximum atomic E-state index is 11.8. The van der Waals surface area contributed by atoms with Gasteiger partial charge in [-0.05, 0) is 24.3 Å². The van der Waals surface area contributed by atoms with E-state index in [1.807, 2.05) is 0 Å². The average molecular weight is 515 g/mol. The van der Waals surface area contributed by atoms with Crippen LogP contribution in [0.25, 0.3) is 0 Å². The van der Waals surface area contributed by atoms with Gasteiger partial charge in [0, 0.05) is 11.4 Å². The van der Waals surface area contributed by atoms with Crippen LogP contribution in [0.1, 0.15) is 0 Å². The largest absolute Gasteiger partial charge is 2.00 e. The minimum atomic E-state index is -5.14. The van der Waals surface area contributed by atoms with Gasteiger partial charge in [-0.25, -0.2) is 0 Å². The van der Waals surface area contributed by atoms with Crippen LogP contribution in [0.2, 0.25) is 0 Å². The van der Waals surface area contributed by atoms with E-state index >= 15 is 0 Å². The molecule has 29 heavy (non-hydrogen) atoms. The fraction of sp³-hybridized carbons (Fsp3) is 0.125. The Labute approximate surface area is 173 Å². The van der Waals surface area contributed by atoms with E-state index in [0.717, 1.165) is 24.3 Å². The van der Waals surface area contributed by atoms with E-state index in [1.54, 1.807) is 0 Å². The van der Waals surface area contributed by atoms with Crippen LogP contribution in [0.4, 0.5) is 37.7 Å². The number of hydroxylamine groups is 2. The number of carbonyl (C=O) groups excluding carboxylic acids is 2. The fourth-order valence-corrected chi connectivity index (χ4v) is 1.59. The van der Waals surface area contributed by atoms with Crippen molar-refractivity contribution >= 4 is 23.2 Å². The summed E-state index contributed by atoms with van der Waals surface area (Å²) >= 11 is 0. The molecule has 13 heteroatoms. The zero-order valence-corrected chi connectivity index (χ0v) is 15.4. The van der Waals surface area contributed by atoms with Crippen LogP contribution in [0.3, 0.4) is 0 Å². The van der Waals surface area contributed by atoms with Crippen molar-refractivity contribution in [3.63, 3.8) is 0 Å². The molecule has 0 bridgehead atoms. The van der Waals surface area contributed by atoms with E-state index in [1.165, 1.54) is 36.4 Å². The minimum Gasteiger partial charge on any atom is -0.751 e. The van der Waals surface area contributed by atoms with Gasteiger partial charge < -0.3 is 20.5 Å². The van der Waals surface area contributed by atoms with Crippen molar-refractivity contribution in [2.75, 3.05) is 10.1 Å². The first-order valence-corrected chi connectivity index (χ1v) is 7.12. The third-order valence-corrected chi connectivity index (χ3v) is 2.84. The van der Waals surface area contributed by atoms with E-state index in [4.69, 9.17) is 0 Å². The summed E-state index contributed by atoms with van der Waals surface area (Å²) in [5.74, 6) is -4.85. The number of halogens is 6. The van der Waals surface area contributed by atoms with Crippen molar-refractivity contribution in [1.82, 2.24) is 0 Å². The number of rotatable bonds is 2. The smallest absolute Gasteiger partial charge is 0.751 e. The van der Waals surface area contributed by atoms with Crippen LogP contribution >= 0.6 is 0 Å². The summed E-state index contributed by atoms with van der Waals surface area (Å²) in [6, 6.07) is 13.0. The summed E-state index contributed by atoms with van der Waals surface area (Å²) in [4.78, 5) is 20.9. The number of nitrogens with zero attached hydrogens (tertiary/aromatic N) is 2. The van der Waals surface area contributed by atoms with Gasteiger partial charge in [-0.15, -0.1) is 0 Å². The zero-order chi connectivity index (χ0) is 21.5. The number of benzene rings is 2. The number of anilines is 2. The van der Waals surface area contributed by atoms with Gasteiger partial charge >= 0.3 is 44.6 Å². The van der Waals surface area contributed by atoms with Crippen molar-refractivity contribution < 1.29 is 56.4 Å². The molecule has 0 fully saturated rings. The summed E-state index contributed by atoms with van der Waals surface area (Å²) in [7, 11) is 0. The van der Waals surface area contributed by atoms with E-state index in [9.17, 15) is 46.3 Å². The molecule has 2 rings (SSSR count). The molecule has 0 spiro atoms. The Hall–Kier alpha value is -2.46. The molecule has 0 saturated heterocycles. The standard InChI is InChI=1S/2C8H5F3NO2.Pd/c2*9-8(10,11)7(13)12(14)6-4-2-1-3-5-6;/h2*1-5H;/q2*-1;+2. The summed E-state index contributed by atoms with van der Waals surface area (Å²) < 4.78 is 70.8. The molecule has 0 aromatic heterocycles. The zero-order valence-electron chi connectivity index (χ0n) is 13.9. The van der Waals surface area contributed by atoms with Gasteiger partial charge in [0.05, 0.1) is 0 Å². The van der Waals surface area contributed by atoms with Crippen molar-refractivity contribution in [1.29, 1.82) is 0 Å². The third-order valence-electron chi connectivity index (χ3n) is 2.84. The first kappa shape index (κ1) is 26.5. The fourth-order valence-electron chi connectivity index (χ4n) is 1.59. The van der Waals surface area contributed by atoms with Crippen LogP contribution in [-0.4, -0.2) is 24.2 Å². The van der Waals surface area contributed by atoms with Gasteiger partial charge in [0.2, 0.25) is 0 Å². The van der Waals surface area contributed by atoms with E-state index in [2.05, 4.69) is 0 Å². The second-order valence-electron chi connectivity index (χ2n) is 4.87. The molecule has 2 aromatic rings. The molecule has 0 saturated carbocycles. The van der Waals surface area contributed by atoms with Crippen molar-refractivity contribution in [3.05, 3.63) is 71.1 Å². The molecule has 2 amide bonds. The van der Waals surface area contributed by atoms with Crippen LogP contribution in [-0.2, 0) is 30.0 Å². The van der Waals surface area contributed by atoms with Crippen LogP contribution < -0.4 is 10.1 Å². The van der Waals surface area contributed by atoms with Crippen molar-refractivity contribution in [3.8, 4) is 0 Å². The SMILES string of the molecule is O=C(N([O-])c1ccccc1)C(F)(F)F.O=C(N([O-])c1ccccc1)C(F)(F)F.[Pd+2]. The first-order chi connectivity index (χ1) is 12.9. The monoisotopic (exact) mass is 514 g/mol. The molecule has 0 aliphatic rings. The van der Waals surface area contributed by atoms with Gasteiger partial charge in [0.25, 0.3) is 0 Å². The Morgan fingerprint density at radius 3 is 1.07 bits per heavy atom. The maximum Gasteiger partial charge on any atom is 2.00 e. The van der Waals surface area contributed by atoms with Gasteiger partial charge in [-0.3, -0.25) is 9.59 Å².